The van der Waals surface area contributed by atoms with Crippen molar-refractivity contribution >= 4 is 23.3 Å². The summed E-state index contributed by atoms with van der Waals surface area (Å²) < 4.78 is 26.4. The van der Waals surface area contributed by atoms with Gasteiger partial charge in [-0.25, -0.2) is 9.37 Å². The first-order valence-electron chi connectivity index (χ1n) is 11.2. The summed E-state index contributed by atoms with van der Waals surface area (Å²) in [5, 5.41) is 13.8. The number of aromatic hydroxyl groups is 1. The largest absolute Gasteiger partial charge is 0.507 e. The Morgan fingerprint density at radius 3 is 2.85 bits per heavy atom. The highest BCUT2D eigenvalue weighted by Gasteiger charge is 2.47. The summed E-state index contributed by atoms with van der Waals surface area (Å²) in [5.74, 6) is -0.498. The maximum Gasteiger partial charge on any atom is 0.261 e. The van der Waals surface area contributed by atoms with Crippen molar-refractivity contribution in [2.45, 2.75) is 12.5 Å². The Bertz CT molecular complexity index is 1120. The van der Waals surface area contributed by atoms with E-state index < -0.39 is 5.82 Å². The second-order valence-corrected chi connectivity index (χ2v) is 9.65. The number of hydrogen-bond donors (Lipinski definition) is 2. The van der Waals surface area contributed by atoms with Crippen LogP contribution in [-0.2, 0) is 4.74 Å². The van der Waals surface area contributed by atoms with Gasteiger partial charge in [-0.2, -0.15) is 0 Å². The van der Waals surface area contributed by atoms with Crippen LogP contribution in [0.4, 0.5) is 10.2 Å². The zero-order chi connectivity index (χ0) is 22.7. The summed E-state index contributed by atoms with van der Waals surface area (Å²) in [6.07, 6.45) is 0.914. The van der Waals surface area contributed by atoms with Gasteiger partial charge in [0, 0.05) is 38.1 Å². The Hall–Kier alpha value is -2.62. The molecule has 6 rings (SSSR count). The number of anilines is 1. The van der Waals surface area contributed by atoms with Crippen LogP contribution in [0.1, 0.15) is 16.8 Å². The van der Waals surface area contributed by atoms with Crippen LogP contribution < -0.4 is 15.0 Å². The maximum absolute atomic E-state index is 14.8. The number of benzene rings is 1. The zero-order valence-corrected chi connectivity index (χ0v) is 18.7. The molecular weight excluding hydrogens is 451 g/mol. The maximum atomic E-state index is 14.8. The van der Waals surface area contributed by atoms with Crippen LogP contribution in [-0.4, -0.2) is 79.5 Å². The van der Waals surface area contributed by atoms with E-state index in [1.165, 1.54) is 18.2 Å². The zero-order valence-electron chi connectivity index (χ0n) is 17.9. The van der Waals surface area contributed by atoms with Crippen LogP contribution in [0.15, 0.2) is 18.2 Å². The van der Waals surface area contributed by atoms with Gasteiger partial charge < -0.3 is 29.7 Å². The summed E-state index contributed by atoms with van der Waals surface area (Å²) >= 11 is 6.72. The van der Waals surface area contributed by atoms with E-state index in [0.717, 1.165) is 6.42 Å². The number of fused-ring (bicyclic) bond motifs is 2. The second-order valence-electron chi connectivity index (χ2n) is 9.27. The van der Waals surface area contributed by atoms with Gasteiger partial charge >= 0.3 is 0 Å². The number of phenols is 1. The summed E-state index contributed by atoms with van der Waals surface area (Å²) in [7, 11) is 0. The number of piperazine rings is 1. The van der Waals surface area contributed by atoms with Gasteiger partial charge in [0.15, 0.2) is 5.75 Å². The number of rotatable bonds is 2. The minimum Gasteiger partial charge on any atom is -0.507 e. The van der Waals surface area contributed by atoms with Crippen molar-refractivity contribution in [1.82, 2.24) is 15.2 Å². The van der Waals surface area contributed by atoms with Gasteiger partial charge in [0.1, 0.15) is 40.3 Å². The Kier molecular flexibility index (Phi) is 4.90. The number of nitrogens with one attached hydrogen (secondary N) is 1. The lowest BCUT2D eigenvalue weighted by Gasteiger charge is -2.38. The van der Waals surface area contributed by atoms with E-state index in [9.17, 15) is 14.3 Å². The lowest BCUT2D eigenvalue weighted by Crippen LogP contribution is -2.55. The Labute approximate surface area is 195 Å². The van der Waals surface area contributed by atoms with Crippen molar-refractivity contribution in [2.24, 2.45) is 5.41 Å². The number of ether oxygens (including phenoxy) is 2. The number of carbonyl (C=O) groups is 1. The molecule has 174 valence electrons. The molecule has 3 saturated heterocycles. The van der Waals surface area contributed by atoms with Crippen molar-refractivity contribution < 1.29 is 23.8 Å². The molecule has 1 aromatic heterocycles. The van der Waals surface area contributed by atoms with Crippen molar-refractivity contribution in [2.75, 3.05) is 57.4 Å². The van der Waals surface area contributed by atoms with Crippen LogP contribution in [0.5, 0.6) is 11.5 Å². The van der Waals surface area contributed by atoms with Crippen LogP contribution in [0, 0.1) is 11.2 Å². The first kappa shape index (κ1) is 20.9. The third-order valence-corrected chi connectivity index (χ3v) is 7.45. The van der Waals surface area contributed by atoms with Crippen molar-refractivity contribution in [3.05, 3.63) is 34.6 Å². The minimum absolute atomic E-state index is 0.0243. The molecule has 10 heteroatoms. The van der Waals surface area contributed by atoms with E-state index >= 15 is 0 Å². The van der Waals surface area contributed by atoms with E-state index in [-0.39, 0.29) is 51.7 Å². The van der Waals surface area contributed by atoms with E-state index in [0.29, 0.717) is 57.3 Å². The van der Waals surface area contributed by atoms with Crippen LogP contribution >= 0.6 is 11.6 Å². The van der Waals surface area contributed by atoms with E-state index in [1.807, 2.05) is 9.80 Å². The fourth-order valence-corrected chi connectivity index (χ4v) is 5.53. The van der Waals surface area contributed by atoms with Crippen molar-refractivity contribution in [3.8, 4) is 22.8 Å². The highest BCUT2D eigenvalue weighted by atomic mass is 35.5. The predicted octanol–water partition coefficient (Wildman–Crippen LogP) is 2.28. The first-order chi connectivity index (χ1) is 16.0. The molecule has 5 heterocycles. The number of carbonyl (C=O) groups excluding carboxylic acids is 1. The Morgan fingerprint density at radius 2 is 2.12 bits per heavy atom. The van der Waals surface area contributed by atoms with Crippen molar-refractivity contribution in [1.29, 1.82) is 0 Å². The molecule has 0 aliphatic carbocycles. The number of hydrogen-bond acceptors (Lipinski definition) is 7. The molecule has 1 unspecified atom stereocenters. The van der Waals surface area contributed by atoms with E-state index in [2.05, 4.69) is 5.32 Å². The SMILES string of the molecule is O=C1c2c(N3CCC4(COC4)C3)nc(-c3c(O)cccc3F)c(Cl)c2OCC2CNCCN12. The molecule has 0 radical (unpaired) electrons. The summed E-state index contributed by atoms with van der Waals surface area (Å²) in [4.78, 5) is 22.3. The molecule has 4 aliphatic heterocycles. The van der Waals surface area contributed by atoms with Gasteiger partial charge in [-0.1, -0.05) is 17.7 Å². The number of amides is 1. The highest BCUT2D eigenvalue weighted by Crippen LogP contribution is 2.48. The molecule has 1 aromatic carbocycles. The second kappa shape index (κ2) is 7.72. The average molecular weight is 475 g/mol. The van der Waals surface area contributed by atoms with Crippen LogP contribution in [0.3, 0.4) is 0 Å². The topological polar surface area (TPSA) is 87.2 Å². The number of phenolic OH excluding ortho intramolecular Hbond substituents is 1. The molecule has 2 aromatic rings. The molecule has 0 bridgehead atoms. The van der Waals surface area contributed by atoms with Crippen LogP contribution in [0.2, 0.25) is 5.02 Å². The number of aromatic nitrogens is 1. The molecule has 4 aliphatic rings. The third-order valence-electron chi connectivity index (χ3n) is 7.10. The molecule has 1 amide bonds. The van der Waals surface area contributed by atoms with Gasteiger partial charge in [-0.3, -0.25) is 4.79 Å². The Morgan fingerprint density at radius 1 is 1.27 bits per heavy atom. The molecular formula is C23H24ClFN4O4. The number of nitrogens with zero attached hydrogens (tertiary/aromatic N) is 3. The van der Waals surface area contributed by atoms with Gasteiger partial charge in [0.05, 0.1) is 24.8 Å². The van der Waals surface area contributed by atoms with Gasteiger partial charge in [0.25, 0.3) is 5.91 Å². The fourth-order valence-electron chi connectivity index (χ4n) is 5.24. The smallest absolute Gasteiger partial charge is 0.261 e. The third kappa shape index (κ3) is 3.25. The molecule has 3 fully saturated rings. The normalized spacial score (nSPS) is 23.6. The van der Waals surface area contributed by atoms with Crippen LogP contribution in [0.25, 0.3) is 11.3 Å². The quantitative estimate of drug-likeness (QED) is 0.690. The molecule has 0 saturated carbocycles. The summed E-state index contributed by atoms with van der Waals surface area (Å²) in [6.45, 7) is 4.83. The first-order valence-corrected chi connectivity index (χ1v) is 11.5. The highest BCUT2D eigenvalue weighted by molar-refractivity contribution is 6.35. The van der Waals surface area contributed by atoms with E-state index in [4.69, 9.17) is 26.1 Å². The molecule has 2 N–H and O–H groups in total. The minimum atomic E-state index is -0.651. The van der Waals surface area contributed by atoms with Gasteiger partial charge in [0.2, 0.25) is 0 Å². The lowest BCUT2D eigenvalue weighted by atomic mass is 9.85. The molecule has 8 nitrogen and oxygen atoms in total. The lowest BCUT2D eigenvalue weighted by molar-refractivity contribution is -0.0985. The number of pyridine rings is 1. The number of halogens is 2. The van der Waals surface area contributed by atoms with Crippen molar-refractivity contribution in [3.63, 3.8) is 0 Å². The molecule has 1 spiro atoms. The van der Waals surface area contributed by atoms with Gasteiger partial charge in [-0.15, -0.1) is 0 Å². The standard InChI is InChI=1S/C23H24ClFN4O4/c24-18-19(16-14(25)2-1-3-15(16)30)27-21(28-6-4-23(10-28)11-32-12-23)17-20(18)33-9-13-8-26-5-7-29(13)22(17)31/h1-3,13,26,30H,4-12H2. The summed E-state index contributed by atoms with van der Waals surface area (Å²) in [6, 6.07) is 3.90. The summed E-state index contributed by atoms with van der Waals surface area (Å²) in [5.41, 5.74) is 0.312. The average Bonchev–Trinajstić information content (AvgIpc) is 3.19. The monoisotopic (exact) mass is 474 g/mol. The molecule has 1 atom stereocenters. The molecule has 33 heavy (non-hydrogen) atoms. The fraction of sp³-hybridized carbons (Fsp3) is 0.478. The van der Waals surface area contributed by atoms with E-state index in [1.54, 1.807) is 0 Å². The Balaban J connectivity index is 1.55. The van der Waals surface area contributed by atoms with Gasteiger partial charge in [-0.05, 0) is 18.6 Å². The predicted molar refractivity (Wildman–Crippen MR) is 120 cm³/mol.